The minimum Gasteiger partial charge on any atom is -0.334 e. The number of nitrogens with zero attached hydrogens (tertiary/aromatic N) is 2. The third kappa shape index (κ3) is 2.41. The molecule has 1 N–H and O–H groups in total. The highest BCUT2D eigenvalue weighted by atomic mass is 16.2. The van der Waals surface area contributed by atoms with Crippen LogP contribution in [0.15, 0.2) is 16.9 Å². The summed E-state index contributed by atoms with van der Waals surface area (Å²) in [5.74, 6) is 0.627. The third-order valence-electron chi connectivity index (χ3n) is 4.40. The summed E-state index contributed by atoms with van der Waals surface area (Å²) in [5, 5.41) is 6.20. The quantitative estimate of drug-likeness (QED) is 0.834. The number of likely N-dealkylation sites (tertiary alicyclic amines) is 1. The minimum atomic E-state index is -0.272. The minimum absolute atomic E-state index is 0.0344. The van der Waals surface area contributed by atoms with Crippen LogP contribution in [0.2, 0.25) is 0 Å². The molecule has 1 aromatic heterocycles. The van der Waals surface area contributed by atoms with Crippen LogP contribution in [0.3, 0.4) is 0 Å². The van der Waals surface area contributed by atoms with Crippen molar-refractivity contribution in [2.75, 3.05) is 6.54 Å². The Morgan fingerprint density at radius 2 is 2.00 bits per heavy atom. The number of nitrogens with one attached hydrogen (secondary N) is 1. The van der Waals surface area contributed by atoms with Gasteiger partial charge in [0.2, 0.25) is 0 Å². The van der Waals surface area contributed by atoms with Crippen molar-refractivity contribution in [3.63, 3.8) is 0 Å². The van der Waals surface area contributed by atoms with Gasteiger partial charge in [0.1, 0.15) is 5.69 Å². The summed E-state index contributed by atoms with van der Waals surface area (Å²) in [7, 11) is 0. The van der Waals surface area contributed by atoms with Crippen molar-refractivity contribution in [2.45, 2.75) is 44.6 Å². The van der Waals surface area contributed by atoms with Gasteiger partial charge in [0, 0.05) is 18.7 Å². The number of aromatic nitrogens is 2. The second-order valence-electron chi connectivity index (χ2n) is 5.56. The van der Waals surface area contributed by atoms with Gasteiger partial charge in [-0.05, 0) is 37.7 Å². The Hall–Kier alpha value is -1.65. The van der Waals surface area contributed by atoms with Gasteiger partial charge in [-0.25, -0.2) is 5.10 Å². The molecule has 2 atom stereocenters. The van der Waals surface area contributed by atoms with Gasteiger partial charge >= 0.3 is 0 Å². The van der Waals surface area contributed by atoms with Crippen molar-refractivity contribution in [1.29, 1.82) is 0 Å². The van der Waals surface area contributed by atoms with E-state index in [1.807, 2.05) is 4.90 Å². The zero-order valence-electron chi connectivity index (χ0n) is 11.0. The molecule has 0 spiro atoms. The van der Waals surface area contributed by atoms with E-state index in [1.54, 1.807) is 0 Å². The lowest BCUT2D eigenvalue weighted by Gasteiger charge is -2.43. The van der Waals surface area contributed by atoms with Crippen LogP contribution in [0.5, 0.6) is 0 Å². The van der Waals surface area contributed by atoms with Gasteiger partial charge in [-0.15, -0.1) is 0 Å². The van der Waals surface area contributed by atoms with Gasteiger partial charge in [0.15, 0.2) is 0 Å². The van der Waals surface area contributed by atoms with Crippen molar-refractivity contribution < 1.29 is 4.79 Å². The van der Waals surface area contributed by atoms with Crippen molar-refractivity contribution in [3.8, 4) is 0 Å². The molecule has 1 saturated heterocycles. The van der Waals surface area contributed by atoms with E-state index in [0.717, 1.165) is 19.4 Å². The number of carbonyl (C=O) groups is 1. The highest BCUT2D eigenvalue weighted by molar-refractivity contribution is 5.92. The predicted molar refractivity (Wildman–Crippen MR) is 70.9 cm³/mol. The number of fused-ring (bicyclic) bond motifs is 1. The van der Waals surface area contributed by atoms with Crippen LogP contribution in [0, 0.1) is 5.92 Å². The smallest absolute Gasteiger partial charge is 0.274 e. The average molecular weight is 261 g/mol. The highest BCUT2D eigenvalue weighted by Crippen LogP contribution is 2.35. The lowest BCUT2D eigenvalue weighted by atomic mass is 9.78. The molecule has 3 rings (SSSR count). The summed E-state index contributed by atoms with van der Waals surface area (Å²) in [6.45, 7) is 0.820. The van der Waals surface area contributed by atoms with Gasteiger partial charge in [-0.1, -0.05) is 12.8 Å². The molecule has 2 heterocycles. The molecule has 1 amide bonds. The predicted octanol–water partition coefficient (Wildman–Crippen LogP) is 1.56. The Bertz CT molecular complexity index is 503. The molecule has 19 heavy (non-hydrogen) atoms. The van der Waals surface area contributed by atoms with E-state index < -0.39 is 0 Å². The van der Waals surface area contributed by atoms with E-state index in [4.69, 9.17) is 0 Å². The summed E-state index contributed by atoms with van der Waals surface area (Å²) < 4.78 is 0. The van der Waals surface area contributed by atoms with Crippen molar-refractivity contribution >= 4 is 5.91 Å². The summed E-state index contributed by atoms with van der Waals surface area (Å²) in [6, 6.07) is 3.26. The Balaban J connectivity index is 1.81. The maximum atomic E-state index is 12.5. The molecule has 1 aliphatic heterocycles. The Kier molecular flexibility index (Phi) is 3.36. The summed E-state index contributed by atoms with van der Waals surface area (Å²) in [6.07, 6.45) is 7.18. The van der Waals surface area contributed by atoms with Gasteiger partial charge in [0.25, 0.3) is 11.5 Å². The number of rotatable bonds is 1. The molecule has 2 aliphatic rings. The molecule has 2 fully saturated rings. The lowest BCUT2D eigenvalue weighted by molar-refractivity contribution is 0.0384. The summed E-state index contributed by atoms with van der Waals surface area (Å²) in [4.78, 5) is 25.5. The van der Waals surface area contributed by atoms with E-state index in [-0.39, 0.29) is 11.5 Å². The van der Waals surface area contributed by atoms with Gasteiger partial charge in [-0.3, -0.25) is 9.59 Å². The first-order valence-corrected chi connectivity index (χ1v) is 7.12. The van der Waals surface area contributed by atoms with Gasteiger partial charge in [-0.2, -0.15) is 5.10 Å². The fourth-order valence-corrected chi connectivity index (χ4v) is 3.49. The first kappa shape index (κ1) is 12.4. The zero-order valence-corrected chi connectivity index (χ0v) is 11.0. The number of H-pyrrole nitrogens is 1. The zero-order chi connectivity index (χ0) is 13.2. The van der Waals surface area contributed by atoms with E-state index in [0.29, 0.717) is 17.7 Å². The Morgan fingerprint density at radius 3 is 2.79 bits per heavy atom. The number of piperidine rings is 1. The van der Waals surface area contributed by atoms with Crippen LogP contribution >= 0.6 is 0 Å². The molecule has 5 heteroatoms. The fourth-order valence-electron chi connectivity index (χ4n) is 3.49. The number of amides is 1. The molecular formula is C14H19N3O2. The van der Waals surface area contributed by atoms with E-state index in [9.17, 15) is 9.59 Å². The molecule has 5 nitrogen and oxygen atoms in total. The number of hydrogen-bond acceptors (Lipinski definition) is 3. The number of aromatic amines is 1. The van der Waals surface area contributed by atoms with E-state index in [2.05, 4.69) is 10.2 Å². The van der Waals surface area contributed by atoms with Crippen LogP contribution in [-0.4, -0.2) is 33.6 Å². The van der Waals surface area contributed by atoms with E-state index >= 15 is 0 Å². The first-order chi connectivity index (χ1) is 9.25. The third-order valence-corrected chi connectivity index (χ3v) is 4.40. The second kappa shape index (κ2) is 5.15. The molecule has 0 radical (unpaired) electrons. The van der Waals surface area contributed by atoms with Gasteiger partial charge in [0.05, 0.1) is 0 Å². The van der Waals surface area contributed by atoms with Gasteiger partial charge < -0.3 is 4.90 Å². The normalized spacial score (nSPS) is 26.8. The van der Waals surface area contributed by atoms with Crippen molar-refractivity contribution in [3.05, 3.63) is 28.2 Å². The lowest BCUT2D eigenvalue weighted by Crippen LogP contribution is -2.49. The number of carbonyl (C=O) groups excluding carboxylic acids is 1. The molecule has 0 unspecified atom stereocenters. The molecule has 1 aliphatic carbocycles. The highest BCUT2D eigenvalue weighted by Gasteiger charge is 2.36. The fraction of sp³-hybridized carbons (Fsp3) is 0.643. The van der Waals surface area contributed by atoms with E-state index in [1.165, 1.54) is 37.8 Å². The standard InChI is InChI=1S/C14H19N3O2/c18-13-8-7-11(15-16-13)14(19)17-9-3-5-10-4-1-2-6-12(10)17/h7-8,10,12H,1-6,9H2,(H,16,18)/t10-,12-/m1/s1. The molecule has 0 aromatic carbocycles. The first-order valence-electron chi connectivity index (χ1n) is 7.12. The SMILES string of the molecule is O=C(c1ccc(=O)[nH]n1)N1CCC[C@H]2CCCC[C@H]21. The topological polar surface area (TPSA) is 66.1 Å². The second-order valence-corrected chi connectivity index (χ2v) is 5.56. The van der Waals surface area contributed by atoms with Crippen molar-refractivity contribution in [1.82, 2.24) is 15.1 Å². The van der Waals surface area contributed by atoms with Crippen molar-refractivity contribution in [2.24, 2.45) is 5.92 Å². The molecule has 0 bridgehead atoms. The summed E-state index contributed by atoms with van der Waals surface area (Å²) in [5.41, 5.74) is 0.0801. The van der Waals surface area contributed by atoms with Crippen LogP contribution in [0.1, 0.15) is 49.0 Å². The van der Waals surface area contributed by atoms with Crippen LogP contribution in [-0.2, 0) is 0 Å². The van der Waals surface area contributed by atoms with Crippen LogP contribution in [0.25, 0.3) is 0 Å². The number of hydrogen-bond donors (Lipinski definition) is 1. The molecule has 1 saturated carbocycles. The van der Waals surface area contributed by atoms with Crippen LogP contribution in [0.4, 0.5) is 0 Å². The van der Waals surface area contributed by atoms with Crippen LogP contribution < -0.4 is 5.56 Å². The Labute approximate surface area is 112 Å². The largest absolute Gasteiger partial charge is 0.334 e. The maximum Gasteiger partial charge on any atom is 0.274 e. The average Bonchev–Trinajstić information content (AvgIpc) is 2.47. The summed E-state index contributed by atoms with van der Waals surface area (Å²) >= 11 is 0. The molecular weight excluding hydrogens is 242 g/mol. The monoisotopic (exact) mass is 261 g/mol. The maximum absolute atomic E-state index is 12.5. The Morgan fingerprint density at radius 1 is 1.21 bits per heavy atom. The molecule has 102 valence electrons. The molecule has 1 aromatic rings.